The fraction of sp³-hybridized carbons (Fsp3) is 0.545. The number of nitrogens with two attached hydrogens (primary N) is 1. The molecular formula is C11H15BrN2. The van der Waals surface area contributed by atoms with Crippen molar-refractivity contribution in [2.24, 2.45) is 5.73 Å². The van der Waals surface area contributed by atoms with Crippen LogP contribution in [-0.4, -0.2) is 11.5 Å². The molecule has 0 amide bonds. The van der Waals surface area contributed by atoms with Crippen molar-refractivity contribution in [3.05, 3.63) is 28.0 Å². The average Bonchev–Trinajstić information content (AvgIpc) is 2.07. The molecule has 14 heavy (non-hydrogen) atoms. The fourth-order valence-electron chi connectivity index (χ4n) is 2.06. The van der Waals surface area contributed by atoms with Crippen molar-refractivity contribution in [2.75, 3.05) is 6.54 Å². The molecular weight excluding hydrogens is 240 g/mol. The summed E-state index contributed by atoms with van der Waals surface area (Å²) in [5.74, 6) is 0. The molecule has 0 saturated heterocycles. The van der Waals surface area contributed by atoms with Gasteiger partial charge in [0.15, 0.2) is 0 Å². The highest BCUT2D eigenvalue weighted by atomic mass is 79.9. The predicted octanol–water partition coefficient (Wildman–Crippen LogP) is 2.53. The second-order valence-electron chi connectivity index (χ2n) is 4.18. The highest BCUT2D eigenvalue weighted by Gasteiger charge is 2.39. The van der Waals surface area contributed by atoms with Gasteiger partial charge in [-0.15, -0.1) is 0 Å². The Morgan fingerprint density at radius 3 is 2.71 bits per heavy atom. The zero-order valence-corrected chi connectivity index (χ0v) is 9.97. The first-order valence-electron chi connectivity index (χ1n) is 5.01. The van der Waals surface area contributed by atoms with Gasteiger partial charge in [0.1, 0.15) is 0 Å². The van der Waals surface area contributed by atoms with E-state index in [2.05, 4.69) is 33.9 Å². The number of aromatic nitrogens is 1. The molecule has 0 spiro atoms. The van der Waals surface area contributed by atoms with E-state index in [1.54, 1.807) is 0 Å². The Morgan fingerprint density at radius 1 is 1.57 bits per heavy atom. The number of rotatable bonds is 2. The molecule has 1 fully saturated rings. The van der Waals surface area contributed by atoms with Gasteiger partial charge in [0.05, 0.1) is 5.69 Å². The van der Waals surface area contributed by atoms with Gasteiger partial charge in [0.2, 0.25) is 0 Å². The number of hydrogen-bond acceptors (Lipinski definition) is 2. The van der Waals surface area contributed by atoms with E-state index < -0.39 is 0 Å². The first-order chi connectivity index (χ1) is 6.68. The number of hydrogen-bond donors (Lipinski definition) is 1. The van der Waals surface area contributed by atoms with Gasteiger partial charge in [-0.25, -0.2) is 0 Å². The van der Waals surface area contributed by atoms with E-state index in [1.165, 1.54) is 24.8 Å². The summed E-state index contributed by atoms with van der Waals surface area (Å²) < 4.78 is 1.11. The Morgan fingerprint density at radius 2 is 2.29 bits per heavy atom. The lowest BCUT2D eigenvalue weighted by Gasteiger charge is -2.40. The number of halogens is 1. The van der Waals surface area contributed by atoms with Crippen molar-refractivity contribution in [1.82, 2.24) is 4.98 Å². The molecule has 2 rings (SSSR count). The summed E-state index contributed by atoms with van der Waals surface area (Å²) in [4.78, 5) is 4.52. The normalized spacial score (nSPS) is 19.1. The Balaban J connectivity index is 2.40. The van der Waals surface area contributed by atoms with E-state index in [0.717, 1.165) is 10.2 Å². The Bertz CT molecular complexity index is 340. The molecule has 1 saturated carbocycles. The van der Waals surface area contributed by atoms with Crippen molar-refractivity contribution in [1.29, 1.82) is 0 Å². The van der Waals surface area contributed by atoms with Crippen LogP contribution in [0.5, 0.6) is 0 Å². The van der Waals surface area contributed by atoms with Crippen molar-refractivity contribution in [2.45, 2.75) is 31.6 Å². The molecule has 3 heteroatoms. The molecule has 0 radical (unpaired) electrons. The van der Waals surface area contributed by atoms with Crippen LogP contribution in [0.15, 0.2) is 16.7 Å². The van der Waals surface area contributed by atoms with Crippen LogP contribution in [0.25, 0.3) is 0 Å². The summed E-state index contributed by atoms with van der Waals surface area (Å²) in [5.41, 5.74) is 8.34. The van der Waals surface area contributed by atoms with Gasteiger partial charge in [-0.3, -0.25) is 4.98 Å². The van der Waals surface area contributed by atoms with E-state index >= 15 is 0 Å². The van der Waals surface area contributed by atoms with Crippen LogP contribution in [0.4, 0.5) is 0 Å². The Hall–Kier alpha value is -0.410. The summed E-state index contributed by atoms with van der Waals surface area (Å²) >= 11 is 3.58. The van der Waals surface area contributed by atoms with E-state index in [1.807, 2.05) is 6.20 Å². The topological polar surface area (TPSA) is 38.9 Å². The summed E-state index contributed by atoms with van der Waals surface area (Å²) in [6.07, 6.45) is 5.56. The molecule has 0 bridgehead atoms. The molecule has 1 aliphatic rings. The highest BCUT2D eigenvalue weighted by molar-refractivity contribution is 9.10. The van der Waals surface area contributed by atoms with Gasteiger partial charge >= 0.3 is 0 Å². The molecule has 0 aromatic carbocycles. The first-order valence-corrected chi connectivity index (χ1v) is 5.80. The monoisotopic (exact) mass is 254 g/mol. The van der Waals surface area contributed by atoms with Crippen LogP contribution in [0.2, 0.25) is 0 Å². The molecule has 1 aromatic rings. The van der Waals surface area contributed by atoms with Crippen LogP contribution >= 0.6 is 15.9 Å². The van der Waals surface area contributed by atoms with Gasteiger partial charge in [-0.05, 0) is 47.3 Å². The van der Waals surface area contributed by atoms with Gasteiger partial charge in [-0.2, -0.15) is 0 Å². The molecule has 0 unspecified atom stereocenters. The lowest BCUT2D eigenvalue weighted by atomic mass is 9.66. The van der Waals surface area contributed by atoms with Crippen LogP contribution in [0.1, 0.15) is 30.5 Å². The van der Waals surface area contributed by atoms with Crippen LogP contribution in [0.3, 0.4) is 0 Å². The Labute approximate surface area is 93.0 Å². The maximum atomic E-state index is 5.85. The number of aryl methyl sites for hydroxylation is 1. The highest BCUT2D eigenvalue weighted by Crippen LogP contribution is 2.44. The average molecular weight is 255 g/mol. The van der Waals surface area contributed by atoms with Gasteiger partial charge in [0, 0.05) is 22.6 Å². The third kappa shape index (κ3) is 1.48. The van der Waals surface area contributed by atoms with E-state index in [4.69, 9.17) is 5.73 Å². The zero-order chi connectivity index (χ0) is 10.2. The van der Waals surface area contributed by atoms with E-state index in [-0.39, 0.29) is 5.41 Å². The standard InChI is InChI=1S/C11H15BrN2/c1-8-5-9(12)10(14-6-8)11(7-13)3-2-4-11/h5-6H,2-4,7,13H2,1H3. The van der Waals surface area contributed by atoms with Crippen molar-refractivity contribution < 1.29 is 0 Å². The first kappa shape index (κ1) is 10.1. The molecule has 0 aliphatic heterocycles. The van der Waals surface area contributed by atoms with Crippen molar-refractivity contribution >= 4 is 15.9 Å². The van der Waals surface area contributed by atoms with E-state index in [9.17, 15) is 0 Å². The minimum atomic E-state index is 0.159. The summed E-state index contributed by atoms with van der Waals surface area (Å²) in [7, 11) is 0. The minimum Gasteiger partial charge on any atom is -0.330 e. The fourth-order valence-corrected chi connectivity index (χ4v) is 2.95. The van der Waals surface area contributed by atoms with Gasteiger partial charge in [-0.1, -0.05) is 6.42 Å². The van der Waals surface area contributed by atoms with Crippen molar-refractivity contribution in [3.8, 4) is 0 Å². The van der Waals surface area contributed by atoms with Crippen molar-refractivity contribution in [3.63, 3.8) is 0 Å². The Kier molecular flexibility index (Phi) is 2.62. The quantitative estimate of drug-likeness (QED) is 0.881. The number of pyridine rings is 1. The molecule has 2 N–H and O–H groups in total. The maximum Gasteiger partial charge on any atom is 0.0619 e. The molecule has 76 valence electrons. The third-order valence-electron chi connectivity index (χ3n) is 3.18. The van der Waals surface area contributed by atoms with Crippen LogP contribution in [-0.2, 0) is 5.41 Å². The maximum absolute atomic E-state index is 5.85. The van der Waals surface area contributed by atoms with Crippen LogP contribution in [0, 0.1) is 6.92 Å². The molecule has 1 aromatic heterocycles. The van der Waals surface area contributed by atoms with Crippen LogP contribution < -0.4 is 5.73 Å². The lowest BCUT2D eigenvalue weighted by Crippen LogP contribution is -2.42. The SMILES string of the molecule is Cc1cnc(C2(CN)CCC2)c(Br)c1. The molecule has 1 heterocycles. The number of nitrogens with zero attached hydrogens (tertiary/aromatic N) is 1. The molecule has 1 aliphatic carbocycles. The minimum absolute atomic E-state index is 0.159. The third-order valence-corrected chi connectivity index (χ3v) is 3.79. The zero-order valence-electron chi connectivity index (χ0n) is 8.39. The predicted molar refractivity (Wildman–Crippen MR) is 61.3 cm³/mol. The summed E-state index contributed by atoms with van der Waals surface area (Å²) in [5, 5.41) is 0. The molecule has 0 atom stereocenters. The summed E-state index contributed by atoms with van der Waals surface area (Å²) in [6, 6.07) is 2.12. The smallest absolute Gasteiger partial charge is 0.0619 e. The largest absolute Gasteiger partial charge is 0.330 e. The second kappa shape index (κ2) is 3.63. The van der Waals surface area contributed by atoms with Gasteiger partial charge in [0.25, 0.3) is 0 Å². The van der Waals surface area contributed by atoms with Gasteiger partial charge < -0.3 is 5.73 Å². The summed E-state index contributed by atoms with van der Waals surface area (Å²) in [6.45, 7) is 2.76. The molecule has 2 nitrogen and oxygen atoms in total. The lowest BCUT2D eigenvalue weighted by molar-refractivity contribution is 0.244. The van der Waals surface area contributed by atoms with E-state index in [0.29, 0.717) is 6.54 Å². The second-order valence-corrected chi connectivity index (χ2v) is 5.04.